The van der Waals surface area contributed by atoms with Gasteiger partial charge in [-0.2, -0.15) is 0 Å². The van der Waals surface area contributed by atoms with E-state index < -0.39 is 0 Å². The van der Waals surface area contributed by atoms with Crippen molar-refractivity contribution < 1.29 is 4.79 Å². The number of hydrogen-bond donors (Lipinski definition) is 2. The number of aromatic nitrogens is 1. The topological polar surface area (TPSA) is 60.0 Å². The Bertz CT molecular complexity index is 594. The van der Waals surface area contributed by atoms with Crippen LogP contribution < -0.4 is 11.1 Å². The molecule has 0 aliphatic carbocycles. The van der Waals surface area contributed by atoms with Gasteiger partial charge in [-0.25, -0.2) is 0 Å². The predicted octanol–water partition coefficient (Wildman–Crippen LogP) is 3.19. The number of anilines is 1. The maximum absolute atomic E-state index is 12.0. The first-order valence-corrected chi connectivity index (χ1v) is 6.93. The molecule has 0 radical (unpaired) electrons. The molecule has 1 heterocycles. The summed E-state index contributed by atoms with van der Waals surface area (Å²) in [5.74, 6) is -0.120. The number of rotatable bonds is 5. The van der Waals surface area contributed by atoms with Crippen molar-refractivity contribution >= 4 is 23.2 Å². The van der Waals surface area contributed by atoms with Gasteiger partial charge in [-0.3, -0.25) is 4.79 Å². The average molecular weight is 292 g/mol. The molecule has 20 heavy (non-hydrogen) atoms. The van der Waals surface area contributed by atoms with Crippen molar-refractivity contribution in [3.8, 4) is 0 Å². The highest BCUT2D eigenvalue weighted by atomic mass is 35.5. The zero-order chi connectivity index (χ0) is 14.5. The van der Waals surface area contributed by atoms with E-state index in [4.69, 9.17) is 17.3 Å². The Morgan fingerprint density at radius 2 is 2.15 bits per heavy atom. The fourth-order valence-corrected chi connectivity index (χ4v) is 2.11. The molecular weight excluding hydrogens is 274 g/mol. The number of nitrogens with two attached hydrogens (primary N) is 1. The van der Waals surface area contributed by atoms with E-state index in [0.29, 0.717) is 10.7 Å². The molecule has 0 saturated carbocycles. The van der Waals surface area contributed by atoms with E-state index >= 15 is 0 Å². The van der Waals surface area contributed by atoms with Crippen LogP contribution in [0.5, 0.6) is 0 Å². The number of nitrogens with zero attached hydrogens (tertiary/aromatic N) is 1. The molecule has 1 amide bonds. The molecule has 1 unspecified atom stereocenters. The number of carbonyl (C=O) groups excluding carboxylic acids is 1. The third-order valence-corrected chi connectivity index (χ3v) is 3.45. The van der Waals surface area contributed by atoms with Gasteiger partial charge in [-0.1, -0.05) is 30.7 Å². The number of amides is 1. The number of carbonyl (C=O) groups is 1. The predicted molar refractivity (Wildman–Crippen MR) is 81.7 cm³/mol. The van der Waals surface area contributed by atoms with Gasteiger partial charge in [0.15, 0.2) is 0 Å². The van der Waals surface area contributed by atoms with Crippen molar-refractivity contribution in [1.29, 1.82) is 0 Å². The van der Waals surface area contributed by atoms with E-state index in [2.05, 4.69) is 5.32 Å². The lowest BCUT2D eigenvalue weighted by atomic mass is 10.1. The van der Waals surface area contributed by atoms with E-state index in [-0.39, 0.29) is 18.5 Å². The van der Waals surface area contributed by atoms with Crippen molar-refractivity contribution in [2.75, 3.05) is 5.32 Å². The minimum Gasteiger partial charge on any atom is -0.345 e. The van der Waals surface area contributed by atoms with Crippen LogP contribution in [-0.2, 0) is 11.3 Å². The second-order valence-electron chi connectivity index (χ2n) is 4.66. The molecule has 106 valence electrons. The standard InChI is InChI=1S/C15H18ClN3O/c1-2-13(17)11-7-8-19(9-11)10-15(20)18-14-6-4-3-5-12(14)16/h3-9,13H,2,10,17H2,1H3,(H,18,20). The smallest absolute Gasteiger partial charge is 0.244 e. The van der Waals surface area contributed by atoms with Crippen molar-refractivity contribution in [3.05, 3.63) is 53.3 Å². The minimum atomic E-state index is -0.120. The molecule has 1 aromatic carbocycles. The molecule has 2 rings (SSSR count). The Kier molecular flexibility index (Phi) is 4.82. The molecule has 0 aliphatic rings. The Morgan fingerprint density at radius 1 is 1.40 bits per heavy atom. The van der Waals surface area contributed by atoms with Crippen molar-refractivity contribution in [1.82, 2.24) is 4.57 Å². The Morgan fingerprint density at radius 3 is 2.85 bits per heavy atom. The number of halogens is 1. The fraction of sp³-hybridized carbons (Fsp3) is 0.267. The van der Waals surface area contributed by atoms with E-state index in [9.17, 15) is 4.79 Å². The highest BCUT2D eigenvalue weighted by molar-refractivity contribution is 6.33. The van der Waals surface area contributed by atoms with E-state index in [0.717, 1.165) is 12.0 Å². The van der Waals surface area contributed by atoms with Gasteiger partial charge < -0.3 is 15.6 Å². The maximum Gasteiger partial charge on any atom is 0.244 e. The van der Waals surface area contributed by atoms with Gasteiger partial charge in [-0.15, -0.1) is 0 Å². The van der Waals surface area contributed by atoms with Crippen LogP contribution in [0, 0.1) is 0 Å². The SMILES string of the molecule is CCC(N)c1ccn(CC(=O)Nc2ccccc2Cl)c1. The normalized spacial score (nSPS) is 12.2. The van der Waals surface area contributed by atoms with Crippen molar-refractivity contribution in [2.45, 2.75) is 25.9 Å². The first kappa shape index (κ1) is 14.6. The van der Waals surface area contributed by atoms with Crippen LogP contribution in [0.15, 0.2) is 42.7 Å². The summed E-state index contributed by atoms with van der Waals surface area (Å²) in [6, 6.07) is 9.12. The molecule has 3 N–H and O–H groups in total. The Hall–Kier alpha value is -1.78. The molecule has 0 aliphatic heterocycles. The third kappa shape index (κ3) is 3.62. The third-order valence-electron chi connectivity index (χ3n) is 3.12. The van der Waals surface area contributed by atoms with Crippen LogP contribution in [0.4, 0.5) is 5.69 Å². The number of benzene rings is 1. The average Bonchev–Trinajstić information content (AvgIpc) is 2.89. The van der Waals surface area contributed by atoms with Crippen LogP contribution in [0.1, 0.15) is 24.9 Å². The number of hydrogen-bond acceptors (Lipinski definition) is 2. The molecule has 5 heteroatoms. The first-order valence-electron chi connectivity index (χ1n) is 6.55. The van der Waals surface area contributed by atoms with Gasteiger partial charge in [0.1, 0.15) is 6.54 Å². The molecule has 2 aromatic rings. The lowest BCUT2D eigenvalue weighted by molar-refractivity contribution is -0.116. The molecular formula is C15H18ClN3O. The summed E-state index contributed by atoms with van der Waals surface area (Å²) in [6.45, 7) is 2.27. The highest BCUT2D eigenvalue weighted by Gasteiger charge is 2.08. The largest absolute Gasteiger partial charge is 0.345 e. The van der Waals surface area contributed by atoms with Crippen molar-refractivity contribution in [2.24, 2.45) is 5.73 Å². The van der Waals surface area contributed by atoms with Gasteiger partial charge in [0.05, 0.1) is 10.7 Å². The zero-order valence-electron chi connectivity index (χ0n) is 11.3. The van der Waals surface area contributed by atoms with Gasteiger partial charge in [0, 0.05) is 18.4 Å². The highest BCUT2D eigenvalue weighted by Crippen LogP contribution is 2.20. The maximum atomic E-state index is 12.0. The van der Waals surface area contributed by atoms with E-state index in [1.54, 1.807) is 12.1 Å². The fourth-order valence-electron chi connectivity index (χ4n) is 1.93. The van der Waals surface area contributed by atoms with E-state index in [1.165, 1.54) is 0 Å². The summed E-state index contributed by atoms with van der Waals surface area (Å²) < 4.78 is 1.82. The lowest BCUT2D eigenvalue weighted by Crippen LogP contribution is -2.18. The summed E-state index contributed by atoms with van der Waals surface area (Å²) in [5.41, 5.74) is 7.61. The van der Waals surface area contributed by atoms with Crippen LogP contribution in [0.25, 0.3) is 0 Å². The number of nitrogens with one attached hydrogen (secondary N) is 1. The van der Waals surface area contributed by atoms with Crippen LogP contribution in [0.2, 0.25) is 5.02 Å². The first-order chi connectivity index (χ1) is 9.60. The molecule has 1 aromatic heterocycles. The van der Waals surface area contributed by atoms with Gasteiger partial charge in [-0.05, 0) is 30.2 Å². The quantitative estimate of drug-likeness (QED) is 0.889. The van der Waals surface area contributed by atoms with Gasteiger partial charge >= 0.3 is 0 Å². The number of para-hydroxylation sites is 1. The summed E-state index contributed by atoms with van der Waals surface area (Å²) in [7, 11) is 0. The monoisotopic (exact) mass is 291 g/mol. The van der Waals surface area contributed by atoms with Crippen LogP contribution in [0.3, 0.4) is 0 Å². The molecule has 4 nitrogen and oxygen atoms in total. The summed E-state index contributed by atoms with van der Waals surface area (Å²) in [6.07, 6.45) is 4.63. The van der Waals surface area contributed by atoms with E-state index in [1.807, 2.05) is 42.1 Å². The Balaban J connectivity index is 1.98. The van der Waals surface area contributed by atoms with Crippen LogP contribution >= 0.6 is 11.6 Å². The summed E-state index contributed by atoms with van der Waals surface area (Å²) in [5, 5.41) is 3.32. The molecule has 1 atom stereocenters. The minimum absolute atomic E-state index is 0.0166. The van der Waals surface area contributed by atoms with Crippen LogP contribution in [-0.4, -0.2) is 10.5 Å². The molecule has 0 bridgehead atoms. The zero-order valence-corrected chi connectivity index (χ0v) is 12.1. The lowest BCUT2D eigenvalue weighted by Gasteiger charge is -2.08. The molecule has 0 spiro atoms. The van der Waals surface area contributed by atoms with Crippen molar-refractivity contribution in [3.63, 3.8) is 0 Å². The Labute approximate surface area is 123 Å². The second-order valence-corrected chi connectivity index (χ2v) is 5.07. The second kappa shape index (κ2) is 6.59. The summed E-state index contributed by atoms with van der Waals surface area (Å²) >= 11 is 6.00. The molecule has 0 fully saturated rings. The van der Waals surface area contributed by atoms with Gasteiger partial charge in [0.25, 0.3) is 0 Å². The van der Waals surface area contributed by atoms with Gasteiger partial charge in [0.2, 0.25) is 5.91 Å². The molecule has 0 saturated heterocycles. The summed E-state index contributed by atoms with van der Waals surface area (Å²) in [4.78, 5) is 12.0.